The van der Waals surface area contributed by atoms with Gasteiger partial charge in [-0.2, -0.15) is 0 Å². The van der Waals surface area contributed by atoms with Crippen LogP contribution in [0.1, 0.15) is 39.0 Å². The fourth-order valence-electron chi connectivity index (χ4n) is 3.41. The van der Waals surface area contributed by atoms with Crippen molar-refractivity contribution in [2.24, 2.45) is 0 Å². The van der Waals surface area contributed by atoms with Gasteiger partial charge in [0.25, 0.3) is 0 Å². The molecule has 2 aliphatic rings. The van der Waals surface area contributed by atoms with Gasteiger partial charge in [-0.25, -0.2) is 0 Å². The first-order valence-corrected chi connectivity index (χ1v) is 8.01. The molecule has 1 N–H and O–H groups in total. The van der Waals surface area contributed by atoms with Crippen molar-refractivity contribution in [3.63, 3.8) is 0 Å². The smallest absolute Gasteiger partial charge is 0.320 e. The normalized spacial score (nSPS) is 26.1. The molecule has 0 spiro atoms. The Balaban J connectivity index is 1.70. The highest BCUT2D eigenvalue weighted by Crippen LogP contribution is 2.26. The summed E-state index contributed by atoms with van der Waals surface area (Å²) in [6.07, 6.45) is 5.12. The van der Waals surface area contributed by atoms with Crippen LogP contribution in [0.2, 0.25) is 0 Å². The van der Waals surface area contributed by atoms with Gasteiger partial charge < -0.3 is 14.7 Å². The van der Waals surface area contributed by atoms with Gasteiger partial charge in [0.05, 0.1) is 6.61 Å². The predicted molar refractivity (Wildman–Crippen MR) is 77.9 cm³/mol. The molecule has 2 heterocycles. The first kappa shape index (κ1) is 15.7. The molecular weight excluding hydrogens is 256 g/mol. The number of piperidine rings is 1. The topological polar surface area (TPSA) is 53.0 Å². The standard InChI is InChI=1S/C15H28N2O3/c1-2-11-20-12-10-16-8-5-13(6-9-16)17-7-3-4-14(17)15(18)19/h13-14H,2-12H2,1H3,(H,18,19). The fraction of sp³-hybridized carbons (Fsp3) is 0.933. The van der Waals surface area contributed by atoms with Gasteiger partial charge in [0, 0.05) is 19.2 Å². The third kappa shape index (κ3) is 4.17. The van der Waals surface area contributed by atoms with Crippen LogP contribution in [0.25, 0.3) is 0 Å². The molecule has 0 aromatic carbocycles. The molecular formula is C15H28N2O3. The third-order valence-corrected chi connectivity index (χ3v) is 4.51. The second-order valence-electron chi connectivity index (χ2n) is 5.92. The molecule has 0 saturated carbocycles. The van der Waals surface area contributed by atoms with Crippen molar-refractivity contribution in [3.05, 3.63) is 0 Å². The number of likely N-dealkylation sites (tertiary alicyclic amines) is 2. The first-order valence-electron chi connectivity index (χ1n) is 8.01. The van der Waals surface area contributed by atoms with E-state index in [-0.39, 0.29) is 6.04 Å². The van der Waals surface area contributed by atoms with Crippen molar-refractivity contribution >= 4 is 5.97 Å². The molecule has 1 atom stereocenters. The van der Waals surface area contributed by atoms with Crippen LogP contribution in [-0.4, -0.2) is 72.4 Å². The van der Waals surface area contributed by atoms with E-state index in [2.05, 4.69) is 16.7 Å². The molecule has 0 amide bonds. The summed E-state index contributed by atoms with van der Waals surface area (Å²) in [6, 6.07) is 0.228. The van der Waals surface area contributed by atoms with E-state index in [1.807, 2.05) is 0 Å². The van der Waals surface area contributed by atoms with Crippen LogP contribution in [-0.2, 0) is 9.53 Å². The lowest BCUT2D eigenvalue weighted by atomic mass is 10.0. The van der Waals surface area contributed by atoms with E-state index in [1.165, 1.54) is 0 Å². The first-order chi connectivity index (χ1) is 9.72. The summed E-state index contributed by atoms with van der Waals surface area (Å²) in [5.74, 6) is -0.641. The quantitative estimate of drug-likeness (QED) is 0.717. The number of hydrogen-bond donors (Lipinski definition) is 1. The number of hydrogen-bond acceptors (Lipinski definition) is 4. The maximum absolute atomic E-state index is 11.3. The molecule has 2 fully saturated rings. The number of carboxylic acid groups (broad SMARTS) is 1. The fourth-order valence-corrected chi connectivity index (χ4v) is 3.41. The highest BCUT2D eigenvalue weighted by Gasteiger charge is 2.36. The highest BCUT2D eigenvalue weighted by atomic mass is 16.5. The summed E-state index contributed by atoms with van der Waals surface area (Å²) >= 11 is 0. The predicted octanol–water partition coefficient (Wildman–Crippen LogP) is 1.43. The zero-order valence-corrected chi connectivity index (χ0v) is 12.6. The van der Waals surface area contributed by atoms with Gasteiger partial charge >= 0.3 is 5.97 Å². The lowest BCUT2D eigenvalue weighted by Gasteiger charge is -2.38. The van der Waals surface area contributed by atoms with Crippen molar-refractivity contribution in [3.8, 4) is 0 Å². The van der Waals surface area contributed by atoms with Crippen LogP contribution >= 0.6 is 0 Å². The molecule has 116 valence electrons. The Morgan fingerprint density at radius 2 is 1.95 bits per heavy atom. The van der Waals surface area contributed by atoms with Crippen molar-refractivity contribution in [1.82, 2.24) is 9.80 Å². The second kappa shape index (κ2) is 7.96. The maximum atomic E-state index is 11.3. The van der Waals surface area contributed by atoms with Crippen molar-refractivity contribution in [2.75, 3.05) is 39.4 Å². The van der Waals surface area contributed by atoms with E-state index in [1.54, 1.807) is 0 Å². The van der Waals surface area contributed by atoms with Crippen LogP contribution < -0.4 is 0 Å². The summed E-state index contributed by atoms with van der Waals surface area (Å²) < 4.78 is 5.53. The Kier molecular flexibility index (Phi) is 6.26. The van der Waals surface area contributed by atoms with Gasteiger partial charge in [0.15, 0.2) is 0 Å². The molecule has 2 aliphatic heterocycles. The highest BCUT2D eigenvalue weighted by molar-refractivity contribution is 5.73. The van der Waals surface area contributed by atoms with Crippen LogP contribution in [0.4, 0.5) is 0 Å². The van der Waals surface area contributed by atoms with Gasteiger partial charge in [0.1, 0.15) is 6.04 Å². The van der Waals surface area contributed by atoms with Gasteiger partial charge in [-0.3, -0.25) is 9.69 Å². The molecule has 0 aliphatic carbocycles. The molecule has 5 nitrogen and oxygen atoms in total. The Labute approximate surface area is 121 Å². The van der Waals surface area contributed by atoms with Crippen LogP contribution in [0, 0.1) is 0 Å². The van der Waals surface area contributed by atoms with E-state index >= 15 is 0 Å². The molecule has 0 bridgehead atoms. The minimum Gasteiger partial charge on any atom is -0.480 e. The molecule has 1 unspecified atom stereocenters. The Morgan fingerprint density at radius 3 is 2.60 bits per heavy atom. The van der Waals surface area contributed by atoms with E-state index in [0.717, 1.165) is 71.5 Å². The van der Waals surface area contributed by atoms with E-state index in [4.69, 9.17) is 4.74 Å². The third-order valence-electron chi connectivity index (χ3n) is 4.51. The average molecular weight is 284 g/mol. The number of nitrogens with zero attached hydrogens (tertiary/aromatic N) is 2. The number of rotatable bonds is 7. The van der Waals surface area contributed by atoms with Crippen LogP contribution in [0.3, 0.4) is 0 Å². The number of ether oxygens (including phenoxy) is 1. The minimum absolute atomic E-state index is 0.237. The molecule has 20 heavy (non-hydrogen) atoms. The molecule has 0 radical (unpaired) electrons. The number of carboxylic acids is 1. The largest absolute Gasteiger partial charge is 0.480 e. The van der Waals surface area contributed by atoms with Crippen LogP contribution in [0.15, 0.2) is 0 Å². The lowest BCUT2D eigenvalue weighted by Crippen LogP contribution is -2.49. The number of carbonyl (C=O) groups is 1. The van der Waals surface area contributed by atoms with E-state index in [0.29, 0.717) is 6.04 Å². The maximum Gasteiger partial charge on any atom is 0.320 e. The molecule has 0 aromatic rings. The minimum atomic E-state index is -0.641. The summed E-state index contributed by atoms with van der Waals surface area (Å²) in [7, 11) is 0. The van der Waals surface area contributed by atoms with Gasteiger partial charge in [-0.15, -0.1) is 0 Å². The zero-order valence-electron chi connectivity index (χ0n) is 12.6. The van der Waals surface area contributed by atoms with Gasteiger partial charge in [-0.1, -0.05) is 6.92 Å². The molecule has 2 saturated heterocycles. The number of aliphatic carboxylic acids is 1. The van der Waals surface area contributed by atoms with E-state index < -0.39 is 5.97 Å². The van der Waals surface area contributed by atoms with Crippen molar-refractivity contribution < 1.29 is 14.6 Å². The average Bonchev–Trinajstić information content (AvgIpc) is 2.94. The van der Waals surface area contributed by atoms with Crippen molar-refractivity contribution in [2.45, 2.75) is 51.1 Å². The molecule has 0 aromatic heterocycles. The monoisotopic (exact) mass is 284 g/mol. The summed E-state index contributed by atoms with van der Waals surface area (Å²) in [6.45, 7) is 7.91. The SMILES string of the molecule is CCCOCCN1CCC(N2CCCC2C(=O)O)CC1. The summed E-state index contributed by atoms with van der Waals surface area (Å²) in [5.41, 5.74) is 0. The lowest BCUT2D eigenvalue weighted by molar-refractivity contribution is -0.143. The summed E-state index contributed by atoms with van der Waals surface area (Å²) in [5, 5.41) is 9.26. The van der Waals surface area contributed by atoms with Gasteiger partial charge in [-0.05, 0) is 51.7 Å². The zero-order chi connectivity index (χ0) is 14.4. The van der Waals surface area contributed by atoms with Gasteiger partial charge in [0.2, 0.25) is 0 Å². The Morgan fingerprint density at radius 1 is 1.20 bits per heavy atom. The van der Waals surface area contributed by atoms with Crippen molar-refractivity contribution in [1.29, 1.82) is 0 Å². The van der Waals surface area contributed by atoms with E-state index in [9.17, 15) is 9.90 Å². The summed E-state index contributed by atoms with van der Waals surface area (Å²) in [4.78, 5) is 15.9. The molecule has 5 heteroatoms. The second-order valence-corrected chi connectivity index (χ2v) is 5.92. The molecule has 2 rings (SSSR count). The Hall–Kier alpha value is -0.650. The van der Waals surface area contributed by atoms with Crippen LogP contribution in [0.5, 0.6) is 0 Å². The Bertz CT molecular complexity index is 303.